The van der Waals surface area contributed by atoms with E-state index in [1.54, 1.807) is 0 Å². The van der Waals surface area contributed by atoms with Gasteiger partial charge in [-0.15, -0.1) is 0 Å². The molecule has 4 nitrogen and oxygen atoms in total. The summed E-state index contributed by atoms with van der Waals surface area (Å²) in [6, 6.07) is 7.76. The maximum absolute atomic E-state index is 12.2. The molecule has 0 aliphatic carbocycles. The Bertz CT molecular complexity index is 505. The first kappa shape index (κ1) is 14.8. The summed E-state index contributed by atoms with van der Waals surface area (Å²) < 4.78 is 0. The van der Waals surface area contributed by atoms with E-state index in [4.69, 9.17) is 11.6 Å². The van der Waals surface area contributed by atoms with Crippen LogP contribution in [0.2, 0.25) is 5.02 Å². The number of rotatable bonds is 3. The van der Waals surface area contributed by atoms with Crippen LogP contribution in [-0.4, -0.2) is 48.9 Å². The Morgan fingerprint density at radius 2 is 2.10 bits per heavy atom. The van der Waals surface area contributed by atoms with E-state index >= 15 is 0 Å². The van der Waals surface area contributed by atoms with Gasteiger partial charge in [0.05, 0.1) is 6.54 Å². The zero-order valence-electron chi connectivity index (χ0n) is 12.4. The van der Waals surface area contributed by atoms with E-state index in [1.807, 2.05) is 29.2 Å². The third kappa shape index (κ3) is 3.39. The highest BCUT2D eigenvalue weighted by Gasteiger charge is 2.33. The predicted molar refractivity (Wildman–Crippen MR) is 84.1 cm³/mol. The first-order chi connectivity index (χ1) is 10.1. The largest absolute Gasteiger partial charge is 0.321 e. The van der Waals surface area contributed by atoms with Crippen LogP contribution in [0, 0.1) is 5.92 Å². The molecule has 2 fully saturated rings. The minimum atomic E-state index is -0.0120. The van der Waals surface area contributed by atoms with Crippen LogP contribution in [0.25, 0.3) is 0 Å². The number of benzene rings is 1. The summed E-state index contributed by atoms with van der Waals surface area (Å²) in [6.45, 7) is 3.51. The fraction of sp³-hybridized carbons (Fsp3) is 0.562. The van der Waals surface area contributed by atoms with Crippen LogP contribution in [0.4, 0.5) is 0 Å². The summed E-state index contributed by atoms with van der Waals surface area (Å²) >= 11 is 5.95. The SMILES string of the molecule is CN1CCCC(CN2C(=O)CNC2c2ccc(Cl)cc2)C1. The van der Waals surface area contributed by atoms with Crippen molar-refractivity contribution >= 4 is 17.5 Å². The molecule has 1 aromatic rings. The average molecular weight is 308 g/mol. The Morgan fingerprint density at radius 1 is 1.33 bits per heavy atom. The number of piperidine rings is 1. The van der Waals surface area contributed by atoms with Crippen LogP contribution in [0.3, 0.4) is 0 Å². The zero-order valence-corrected chi connectivity index (χ0v) is 13.1. The van der Waals surface area contributed by atoms with Crippen LogP contribution in [0.15, 0.2) is 24.3 Å². The summed E-state index contributed by atoms with van der Waals surface area (Å²) in [5, 5.41) is 4.04. The van der Waals surface area contributed by atoms with Crippen molar-refractivity contribution in [2.24, 2.45) is 5.92 Å². The van der Waals surface area contributed by atoms with Crippen molar-refractivity contribution in [1.82, 2.24) is 15.1 Å². The molecule has 2 aliphatic heterocycles. The van der Waals surface area contributed by atoms with E-state index < -0.39 is 0 Å². The van der Waals surface area contributed by atoms with Gasteiger partial charge in [-0.1, -0.05) is 23.7 Å². The molecule has 0 bridgehead atoms. The smallest absolute Gasteiger partial charge is 0.238 e. The van der Waals surface area contributed by atoms with Crippen molar-refractivity contribution < 1.29 is 4.79 Å². The second kappa shape index (κ2) is 6.34. The molecule has 0 radical (unpaired) electrons. The third-order valence-corrected chi connectivity index (χ3v) is 4.69. The van der Waals surface area contributed by atoms with Gasteiger partial charge < -0.3 is 9.80 Å². The number of likely N-dealkylation sites (tertiary alicyclic amines) is 1. The maximum Gasteiger partial charge on any atom is 0.238 e. The third-order valence-electron chi connectivity index (χ3n) is 4.44. The maximum atomic E-state index is 12.2. The number of hydrogen-bond acceptors (Lipinski definition) is 3. The summed E-state index contributed by atoms with van der Waals surface area (Å²) in [6.07, 6.45) is 2.42. The molecule has 1 amide bonds. The van der Waals surface area contributed by atoms with Gasteiger partial charge in [0, 0.05) is 18.1 Å². The molecule has 1 N–H and O–H groups in total. The highest BCUT2D eigenvalue weighted by atomic mass is 35.5. The lowest BCUT2D eigenvalue weighted by Crippen LogP contribution is -2.41. The minimum absolute atomic E-state index is 0.0120. The number of nitrogens with zero attached hydrogens (tertiary/aromatic N) is 2. The van der Waals surface area contributed by atoms with Gasteiger partial charge in [0.15, 0.2) is 0 Å². The van der Waals surface area contributed by atoms with Gasteiger partial charge in [-0.2, -0.15) is 0 Å². The lowest BCUT2D eigenvalue weighted by atomic mass is 9.97. The number of carbonyl (C=O) groups is 1. The summed E-state index contributed by atoms with van der Waals surface area (Å²) in [5.41, 5.74) is 1.11. The molecule has 114 valence electrons. The van der Waals surface area contributed by atoms with E-state index in [9.17, 15) is 4.79 Å². The molecular formula is C16H22ClN3O. The first-order valence-electron chi connectivity index (χ1n) is 7.60. The second-order valence-corrected chi connectivity index (χ2v) is 6.59. The highest BCUT2D eigenvalue weighted by molar-refractivity contribution is 6.30. The summed E-state index contributed by atoms with van der Waals surface area (Å²) in [7, 11) is 2.16. The van der Waals surface area contributed by atoms with E-state index in [-0.39, 0.29) is 12.1 Å². The molecule has 0 spiro atoms. The molecule has 5 heteroatoms. The second-order valence-electron chi connectivity index (χ2n) is 6.15. The molecule has 2 aliphatic rings. The molecule has 21 heavy (non-hydrogen) atoms. The van der Waals surface area contributed by atoms with Crippen LogP contribution in [-0.2, 0) is 4.79 Å². The number of hydrogen-bond donors (Lipinski definition) is 1. The quantitative estimate of drug-likeness (QED) is 0.929. The Kier molecular flexibility index (Phi) is 4.48. The molecule has 0 saturated carbocycles. The van der Waals surface area contributed by atoms with E-state index in [1.165, 1.54) is 19.4 Å². The van der Waals surface area contributed by atoms with Gasteiger partial charge in [-0.25, -0.2) is 0 Å². The van der Waals surface area contributed by atoms with Crippen molar-refractivity contribution in [3.05, 3.63) is 34.9 Å². The van der Waals surface area contributed by atoms with Gasteiger partial charge in [-0.3, -0.25) is 10.1 Å². The van der Waals surface area contributed by atoms with Crippen LogP contribution in [0.5, 0.6) is 0 Å². The van der Waals surface area contributed by atoms with Crippen LogP contribution >= 0.6 is 11.6 Å². The Labute approximate surface area is 131 Å². The van der Waals surface area contributed by atoms with Gasteiger partial charge >= 0.3 is 0 Å². The number of halogens is 1. The highest BCUT2D eigenvalue weighted by Crippen LogP contribution is 2.26. The van der Waals surface area contributed by atoms with Crippen molar-refractivity contribution in [3.63, 3.8) is 0 Å². The minimum Gasteiger partial charge on any atom is -0.321 e. The van der Waals surface area contributed by atoms with Gasteiger partial charge in [0.25, 0.3) is 0 Å². The zero-order chi connectivity index (χ0) is 14.8. The summed E-state index contributed by atoms with van der Waals surface area (Å²) in [5.74, 6) is 0.769. The summed E-state index contributed by atoms with van der Waals surface area (Å²) in [4.78, 5) is 16.6. The average Bonchev–Trinajstić information content (AvgIpc) is 2.81. The van der Waals surface area contributed by atoms with Crippen molar-refractivity contribution in [2.75, 3.05) is 33.2 Å². The van der Waals surface area contributed by atoms with Crippen LogP contribution in [0.1, 0.15) is 24.6 Å². The molecule has 3 rings (SSSR count). The van der Waals surface area contributed by atoms with Crippen molar-refractivity contribution in [2.45, 2.75) is 19.0 Å². The Hall–Kier alpha value is -1.10. The van der Waals surface area contributed by atoms with E-state index in [0.717, 1.165) is 23.7 Å². The molecule has 1 aromatic carbocycles. The number of nitrogens with one attached hydrogen (secondary N) is 1. The molecule has 2 heterocycles. The fourth-order valence-electron chi connectivity index (χ4n) is 3.39. The predicted octanol–water partition coefficient (Wildman–Crippen LogP) is 2.11. The molecule has 2 unspecified atom stereocenters. The molecular weight excluding hydrogens is 286 g/mol. The van der Waals surface area contributed by atoms with Gasteiger partial charge in [0.2, 0.25) is 5.91 Å². The molecule has 2 saturated heterocycles. The Morgan fingerprint density at radius 3 is 2.81 bits per heavy atom. The molecule has 0 aromatic heterocycles. The lowest BCUT2D eigenvalue weighted by Gasteiger charge is -2.34. The van der Waals surface area contributed by atoms with Crippen molar-refractivity contribution in [3.8, 4) is 0 Å². The number of carbonyl (C=O) groups excluding carboxylic acids is 1. The van der Waals surface area contributed by atoms with Gasteiger partial charge in [-0.05, 0) is 50.0 Å². The van der Waals surface area contributed by atoms with Crippen LogP contribution < -0.4 is 5.32 Å². The standard InChI is InChI=1S/C16H22ClN3O/c1-19-8-2-3-12(10-19)11-20-15(21)9-18-16(20)13-4-6-14(17)7-5-13/h4-7,12,16,18H,2-3,8-11H2,1H3. The van der Waals surface area contributed by atoms with E-state index in [2.05, 4.69) is 17.3 Å². The van der Waals surface area contributed by atoms with E-state index in [0.29, 0.717) is 12.5 Å². The molecule has 2 atom stereocenters. The van der Waals surface area contributed by atoms with Crippen molar-refractivity contribution in [1.29, 1.82) is 0 Å². The number of amides is 1. The van der Waals surface area contributed by atoms with Gasteiger partial charge in [0.1, 0.15) is 6.17 Å². The normalized spacial score (nSPS) is 27.3. The Balaban J connectivity index is 1.71. The first-order valence-corrected chi connectivity index (χ1v) is 7.98. The lowest BCUT2D eigenvalue weighted by molar-refractivity contribution is -0.128. The topological polar surface area (TPSA) is 35.6 Å². The monoisotopic (exact) mass is 307 g/mol. The fourth-order valence-corrected chi connectivity index (χ4v) is 3.52.